The average molecular weight is 363 g/mol. The molecule has 0 spiro atoms. The lowest BCUT2D eigenvalue weighted by atomic mass is 9.29. The minimum atomic E-state index is 0.891. The molecule has 6 unspecified atom stereocenters. The molecule has 2 heteroatoms. The quantitative estimate of drug-likeness (QED) is 0.357. The highest BCUT2D eigenvalue weighted by Gasteiger charge is 2.52. The van der Waals surface area contributed by atoms with Crippen LogP contribution in [0.25, 0.3) is 0 Å². The Morgan fingerprint density at radius 1 is 0.955 bits per heavy atom. The topological polar surface area (TPSA) is 0 Å². The van der Waals surface area contributed by atoms with Gasteiger partial charge in [0.05, 0.1) is 0 Å². The molecule has 0 amide bonds. The summed E-state index contributed by atoms with van der Waals surface area (Å²) in [7, 11) is 0. The maximum absolute atomic E-state index is 4.10. The molecule has 4 aliphatic rings. The fraction of sp³-hybridized carbons (Fsp3) is 0.900. The van der Waals surface area contributed by atoms with Gasteiger partial charge in [-0.2, -0.15) is 0 Å². The molecular formula is C20H32BBr. The fourth-order valence-corrected chi connectivity index (χ4v) is 7.68. The molecule has 122 valence electrons. The Morgan fingerprint density at radius 3 is 1.95 bits per heavy atom. The molecule has 4 fully saturated rings. The first-order valence-electron chi connectivity index (χ1n) is 10.1. The number of unbranched alkanes of at least 4 members (excludes halogenated alkanes) is 2. The van der Waals surface area contributed by atoms with Gasteiger partial charge in [-0.1, -0.05) is 91.9 Å². The summed E-state index contributed by atoms with van der Waals surface area (Å²) >= 11 is 4.10. The Hall–Kier alpha value is 0.285. The number of hydrogen-bond donors (Lipinski definition) is 0. The second kappa shape index (κ2) is 6.65. The minimum absolute atomic E-state index is 0.891. The summed E-state index contributed by atoms with van der Waals surface area (Å²) < 4.78 is 1.62. The van der Waals surface area contributed by atoms with Crippen molar-refractivity contribution in [3.05, 3.63) is 10.5 Å². The van der Waals surface area contributed by atoms with Gasteiger partial charge in [-0.05, 0) is 47.3 Å². The van der Waals surface area contributed by atoms with Gasteiger partial charge in [-0.3, -0.25) is 0 Å². The van der Waals surface area contributed by atoms with Crippen LogP contribution in [0.2, 0.25) is 11.6 Å². The van der Waals surface area contributed by atoms with Crippen LogP contribution >= 0.6 is 15.9 Å². The Labute approximate surface area is 146 Å². The summed E-state index contributed by atoms with van der Waals surface area (Å²) in [5.41, 5.74) is 0. The molecule has 0 saturated heterocycles. The van der Waals surface area contributed by atoms with Crippen molar-refractivity contribution in [1.29, 1.82) is 0 Å². The number of allylic oxidation sites excluding steroid dienone is 1. The molecule has 4 saturated carbocycles. The van der Waals surface area contributed by atoms with E-state index in [4.69, 9.17) is 0 Å². The fourth-order valence-electron chi connectivity index (χ4n) is 6.77. The second-order valence-corrected chi connectivity index (χ2v) is 9.85. The zero-order valence-corrected chi connectivity index (χ0v) is 15.9. The maximum Gasteiger partial charge on any atom is 0.191 e. The van der Waals surface area contributed by atoms with Gasteiger partial charge < -0.3 is 0 Å². The molecule has 6 atom stereocenters. The molecule has 4 aliphatic carbocycles. The van der Waals surface area contributed by atoms with E-state index in [1.54, 1.807) is 55.7 Å². The van der Waals surface area contributed by atoms with Crippen LogP contribution in [0.15, 0.2) is 10.5 Å². The summed E-state index contributed by atoms with van der Waals surface area (Å²) in [6.07, 6.45) is 19.0. The normalized spacial score (nSPS) is 43.3. The lowest BCUT2D eigenvalue weighted by Crippen LogP contribution is -2.33. The molecule has 4 rings (SSSR count). The largest absolute Gasteiger partial charge is 0.191 e. The minimum Gasteiger partial charge on any atom is -0.0833 e. The summed E-state index contributed by atoms with van der Waals surface area (Å²) in [5, 5.41) is 0. The molecule has 22 heavy (non-hydrogen) atoms. The number of rotatable bonds is 6. The molecular weight excluding hydrogens is 331 g/mol. The van der Waals surface area contributed by atoms with Gasteiger partial charge in [-0.25, -0.2) is 0 Å². The Balaban J connectivity index is 1.53. The number of hydrogen-bond acceptors (Lipinski definition) is 0. The van der Waals surface area contributed by atoms with E-state index < -0.39 is 0 Å². The van der Waals surface area contributed by atoms with E-state index in [1.807, 2.05) is 0 Å². The Bertz CT molecular complexity index is 403. The summed E-state index contributed by atoms with van der Waals surface area (Å²) in [6.45, 7) is 3.20. The smallest absolute Gasteiger partial charge is 0.0833 e. The van der Waals surface area contributed by atoms with Crippen molar-refractivity contribution in [2.75, 3.05) is 0 Å². The summed E-state index contributed by atoms with van der Waals surface area (Å²) in [4.78, 5) is 0. The zero-order valence-electron chi connectivity index (χ0n) is 14.3. The van der Waals surface area contributed by atoms with Crippen molar-refractivity contribution >= 4 is 22.6 Å². The van der Waals surface area contributed by atoms with Crippen molar-refractivity contribution in [2.45, 2.75) is 89.2 Å². The van der Waals surface area contributed by atoms with Gasteiger partial charge in [0, 0.05) is 0 Å². The van der Waals surface area contributed by atoms with E-state index in [0.717, 1.165) is 42.0 Å². The predicted molar refractivity (Wildman–Crippen MR) is 101 cm³/mol. The highest BCUT2D eigenvalue weighted by atomic mass is 79.9. The third kappa shape index (κ3) is 2.87. The van der Waals surface area contributed by atoms with Gasteiger partial charge in [0.1, 0.15) is 0 Å². The molecule has 0 aromatic carbocycles. The first kappa shape index (κ1) is 15.8. The molecule has 0 nitrogen and oxygen atoms in total. The molecule has 0 heterocycles. The van der Waals surface area contributed by atoms with Crippen LogP contribution < -0.4 is 0 Å². The zero-order chi connectivity index (χ0) is 15.1. The van der Waals surface area contributed by atoms with Crippen molar-refractivity contribution in [3.8, 4) is 0 Å². The first-order chi connectivity index (χ1) is 10.8. The van der Waals surface area contributed by atoms with E-state index in [9.17, 15) is 0 Å². The van der Waals surface area contributed by atoms with Crippen molar-refractivity contribution in [3.63, 3.8) is 0 Å². The van der Waals surface area contributed by atoms with E-state index in [2.05, 4.69) is 28.9 Å². The van der Waals surface area contributed by atoms with E-state index in [-0.39, 0.29) is 0 Å². The third-order valence-corrected chi connectivity index (χ3v) is 8.58. The monoisotopic (exact) mass is 362 g/mol. The van der Waals surface area contributed by atoms with Crippen LogP contribution in [0.1, 0.15) is 77.6 Å². The Morgan fingerprint density at radius 2 is 1.55 bits per heavy atom. The molecule has 4 bridgehead atoms. The highest BCUT2D eigenvalue weighted by Crippen LogP contribution is 2.61. The molecule has 0 N–H and O–H groups in total. The standard InChI is InChI=1S/C20H32BBr/c1-2-3-4-5-20(22)21(18-12-14-6-8-16(18)10-14)19-13-15-7-9-17(19)11-15/h5,14-19H,2-4,6-13H2,1H3/b20-5-. The van der Waals surface area contributed by atoms with Crippen LogP contribution in [0, 0.1) is 23.7 Å². The maximum atomic E-state index is 4.10. The van der Waals surface area contributed by atoms with Gasteiger partial charge >= 0.3 is 0 Å². The van der Waals surface area contributed by atoms with Crippen LogP contribution in [0.4, 0.5) is 0 Å². The lowest BCUT2D eigenvalue weighted by Gasteiger charge is -2.36. The second-order valence-electron chi connectivity index (χ2n) is 8.93. The molecule has 0 radical (unpaired) electrons. The van der Waals surface area contributed by atoms with Crippen LogP contribution in [-0.2, 0) is 0 Å². The average Bonchev–Trinajstić information content (AvgIpc) is 3.29. The van der Waals surface area contributed by atoms with Crippen molar-refractivity contribution in [1.82, 2.24) is 0 Å². The SMILES string of the molecule is CCCC/C=C(\Br)B(C1CC2CCC1C2)C1CC2CCC1C2. The predicted octanol–water partition coefficient (Wildman–Crippen LogP) is 6.87. The highest BCUT2D eigenvalue weighted by molar-refractivity contribution is 9.12. The summed E-state index contributed by atoms with van der Waals surface area (Å²) in [6, 6.07) is 0. The molecule has 0 aromatic rings. The van der Waals surface area contributed by atoms with Crippen molar-refractivity contribution in [2.24, 2.45) is 23.7 Å². The van der Waals surface area contributed by atoms with E-state index >= 15 is 0 Å². The molecule has 0 aliphatic heterocycles. The molecule has 0 aromatic heterocycles. The van der Waals surface area contributed by atoms with Crippen LogP contribution in [0.3, 0.4) is 0 Å². The van der Waals surface area contributed by atoms with Crippen molar-refractivity contribution < 1.29 is 0 Å². The van der Waals surface area contributed by atoms with E-state index in [1.165, 1.54) is 19.3 Å². The van der Waals surface area contributed by atoms with Gasteiger partial charge in [-0.15, -0.1) is 0 Å². The number of halogens is 1. The van der Waals surface area contributed by atoms with Gasteiger partial charge in [0.25, 0.3) is 0 Å². The van der Waals surface area contributed by atoms with Crippen LogP contribution in [-0.4, -0.2) is 6.71 Å². The van der Waals surface area contributed by atoms with E-state index in [0.29, 0.717) is 0 Å². The third-order valence-electron chi connectivity index (χ3n) is 7.72. The summed E-state index contributed by atoms with van der Waals surface area (Å²) in [5.74, 6) is 6.37. The number of fused-ring (bicyclic) bond motifs is 4. The van der Waals surface area contributed by atoms with Gasteiger partial charge in [0.2, 0.25) is 0 Å². The van der Waals surface area contributed by atoms with Gasteiger partial charge in [0.15, 0.2) is 6.71 Å². The van der Waals surface area contributed by atoms with Crippen LogP contribution in [0.5, 0.6) is 0 Å². The first-order valence-corrected chi connectivity index (χ1v) is 10.9. The lowest BCUT2D eigenvalue weighted by molar-refractivity contribution is 0.440. The Kier molecular flexibility index (Phi) is 4.78.